The fraction of sp³-hybridized carbons (Fsp3) is 0.333. The highest BCUT2D eigenvalue weighted by molar-refractivity contribution is 5.52. The van der Waals surface area contributed by atoms with Crippen LogP contribution in [0, 0.1) is 10.1 Å². The van der Waals surface area contributed by atoms with Crippen LogP contribution in [-0.4, -0.2) is 42.6 Å². The average molecular weight is 317 g/mol. The molecule has 0 radical (unpaired) electrons. The van der Waals surface area contributed by atoms with Crippen LogP contribution in [0.3, 0.4) is 0 Å². The Morgan fingerprint density at radius 2 is 2.04 bits per heavy atom. The van der Waals surface area contributed by atoms with Crippen LogP contribution in [0.5, 0.6) is 0 Å². The predicted octanol–water partition coefficient (Wildman–Crippen LogP) is 0.581. The summed E-state index contributed by atoms with van der Waals surface area (Å²) in [7, 11) is 0. The quantitative estimate of drug-likeness (QED) is 0.547. The van der Waals surface area contributed by atoms with E-state index in [1.807, 2.05) is 4.90 Å². The van der Waals surface area contributed by atoms with Crippen molar-refractivity contribution in [1.82, 2.24) is 24.6 Å². The Kier molecular flexibility index (Phi) is 2.86. The minimum atomic E-state index is -0.657. The number of aromatic amines is 1. The van der Waals surface area contributed by atoms with Crippen molar-refractivity contribution in [1.29, 1.82) is 0 Å². The molecule has 1 aliphatic rings. The van der Waals surface area contributed by atoms with Crippen LogP contribution in [0.4, 0.5) is 11.8 Å². The fourth-order valence-electron chi connectivity index (χ4n) is 2.51. The van der Waals surface area contributed by atoms with Gasteiger partial charge in [0.1, 0.15) is 4.92 Å². The molecule has 1 fully saturated rings. The normalized spacial score (nSPS) is 14.7. The SMILES string of the molecule is O=c1[nH]c(N2CCCC2)nc2nc(-c3ccc([N+](=O)[O-])o3)nn12. The number of H-pyrrole nitrogens is 1. The summed E-state index contributed by atoms with van der Waals surface area (Å²) < 4.78 is 6.05. The third-order valence-electron chi connectivity index (χ3n) is 3.60. The van der Waals surface area contributed by atoms with Crippen LogP contribution in [0.25, 0.3) is 17.4 Å². The van der Waals surface area contributed by atoms with E-state index >= 15 is 0 Å². The molecular formula is C12H11N7O4. The van der Waals surface area contributed by atoms with Gasteiger partial charge in [0.2, 0.25) is 11.8 Å². The van der Waals surface area contributed by atoms with Gasteiger partial charge in [-0.2, -0.15) is 9.97 Å². The number of fused-ring (bicyclic) bond motifs is 1. The molecule has 3 aromatic rings. The highest BCUT2D eigenvalue weighted by Crippen LogP contribution is 2.23. The lowest BCUT2D eigenvalue weighted by atomic mass is 10.4. The number of aromatic nitrogens is 5. The Hall–Kier alpha value is -3.24. The smallest absolute Gasteiger partial charge is 0.397 e. The second-order valence-corrected chi connectivity index (χ2v) is 5.10. The maximum absolute atomic E-state index is 12.1. The lowest BCUT2D eigenvalue weighted by Gasteiger charge is -2.14. The number of nitrogens with zero attached hydrogens (tertiary/aromatic N) is 6. The van der Waals surface area contributed by atoms with Gasteiger partial charge in [-0.25, -0.2) is 4.79 Å². The van der Waals surface area contributed by atoms with Crippen LogP contribution in [0.1, 0.15) is 12.8 Å². The molecule has 11 nitrogen and oxygen atoms in total. The molecule has 0 bridgehead atoms. The van der Waals surface area contributed by atoms with Gasteiger partial charge in [-0.05, 0) is 18.9 Å². The largest absolute Gasteiger partial charge is 0.433 e. The van der Waals surface area contributed by atoms with Gasteiger partial charge in [-0.15, -0.1) is 9.61 Å². The molecule has 0 aliphatic carbocycles. The van der Waals surface area contributed by atoms with Crippen molar-refractivity contribution in [2.24, 2.45) is 0 Å². The van der Waals surface area contributed by atoms with E-state index in [0.717, 1.165) is 30.4 Å². The molecule has 0 saturated carbocycles. The van der Waals surface area contributed by atoms with Gasteiger partial charge < -0.3 is 9.32 Å². The summed E-state index contributed by atoms with van der Waals surface area (Å²) in [5.74, 6) is 0.312. The molecule has 1 aliphatic heterocycles. The number of hydrogen-bond donors (Lipinski definition) is 1. The zero-order chi connectivity index (χ0) is 16.0. The zero-order valence-electron chi connectivity index (χ0n) is 11.8. The van der Waals surface area contributed by atoms with Crippen LogP contribution in [-0.2, 0) is 0 Å². The molecule has 0 unspecified atom stereocenters. The van der Waals surface area contributed by atoms with Gasteiger partial charge in [0.05, 0.1) is 6.07 Å². The van der Waals surface area contributed by atoms with Gasteiger partial charge in [-0.3, -0.25) is 15.1 Å². The van der Waals surface area contributed by atoms with E-state index in [0.29, 0.717) is 5.95 Å². The molecule has 1 saturated heterocycles. The molecule has 0 spiro atoms. The highest BCUT2D eigenvalue weighted by Gasteiger charge is 2.20. The van der Waals surface area contributed by atoms with E-state index < -0.39 is 16.5 Å². The summed E-state index contributed by atoms with van der Waals surface area (Å²) in [6.07, 6.45) is 2.09. The van der Waals surface area contributed by atoms with E-state index in [1.165, 1.54) is 12.1 Å². The first-order valence-electron chi connectivity index (χ1n) is 6.98. The Labute approximate surface area is 127 Å². The summed E-state index contributed by atoms with van der Waals surface area (Å²) in [5, 5.41) is 14.6. The predicted molar refractivity (Wildman–Crippen MR) is 77.2 cm³/mol. The summed E-state index contributed by atoms with van der Waals surface area (Å²) >= 11 is 0. The van der Waals surface area contributed by atoms with Crippen molar-refractivity contribution in [3.63, 3.8) is 0 Å². The Morgan fingerprint density at radius 1 is 1.26 bits per heavy atom. The van der Waals surface area contributed by atoms with E-state index in [1.54, 1.807) is 0 Å². The standard InChI is InChI=1S/C12H11N7O4/c20-12-15-10(17-5-1-2-6-17)14-11-13-9(16-18(11)12)7-3-4-8(23-7)19(21)22/h3-4H,1-2,5-6H2,(H,13,14,15,16,20). The molecule has 118 valence electrons. The molecule has 3 aromatic heterocycles. The molecule has 11 heteroatoms. The molecular weight excluding hydrogens is 306 g/mol. The lowest BCUT2D eigenvalue weighted by Crippen LogP contribution is -2.27. The molecule has 4 rings (SSSR count). The van der Waals surface area contributed by atoms with Crippen molar-refractivity contribution < 1.29 is 9.34 Å². The number of furan rings is 1. The second-order valence-electron chi connectivity index (χ2n) is 5.10. The van der Waals surface area contributed by atoms with Gasteiger partial charge in [-0.1, -0.05) is 0 Å². The summed E-state index contributed by atoms with van der Waals surface area (Å²) in [4.78, 5) is 35.2. The second kappa shape index (κ2) is 4.90. The molecule has 4 heterocycles. The Bertz CT molecular complexity index is 950. The third kappa shape index (κ3) is 2.22. The summed E-state index contributed by atoms with van der Waals surface area (Å²) in [6.45, 7) is 1.65. The number of nitrogens with one attached hydrogen (secondary N) is 1. The van der Waals surface area contributed by atoms with Crippen LogP contribution in [0.2, 0.25) is 0 Å². The van der Waals surface area contributed by atoms with E-state index in [-0.39, 0.29) is 17.4 Å². The first-order chi connectivity index (χ1) is 11.1. The minimum absolute atomic E-state index is 0.0645. The Morgan fingerprint density at radius 3 is 2.74 bits per heavy atom. The van der Waals surface area contributed by atoms with E-state index in [9.17, 15) is 14.9 Å². The van der Waals surface area contributed by atoms with Crippen molar-refractivity contribution in [2.75, 3.05) is 18.0 Å². The van der Waals surface area contributed by atoms with Crippen molar-refractivity contribution >= 4 is 17.6 Å². The van der Waals surface area contributed by atoms with Crippen LogP contribution < -0.4 is 10.6 Å². The highest BCUT2D eigenvalue weighted by atomic mass is 16.6. The van der Waals surface area contributed by atoms with Crippen molar-refractivity contribution in [2.45, 2.75) is 12.8 Å². The van der Waals surface area contributed by atoms with Crippen LogP contribution in [0.15, 0.2) is 21.3 Å². The first kappa shape index (κ1) is 13.4. The maximum atomic E-state index is 12.1. The fourth-order valence-corrected chi connectivity index (χ4v) is 2.51. The summed E-state index contributed by atoms with van der Waals surface area (Å²) in [5.41, 5.74) is -0.475. The van der Waals surface area contributed by atoms with Gasteiger partial charge in [0.15, 0.2) is 5.76 Å². The van der Waals surface area contributed by atoms with E-state index in [2.05, 4.69) is 20.1 Å². The number of anilines is 1. The molecule has 0 amide bonds. The maximum Gasteiger partial charge on any atom is 0.433 e. The van der Waals surface area contributed by atoms with Crippen LogP contribution >= 0.6 is 0 Å². The first-order valence-corrected chi connectivity index (χ1v) is 6.98. The van der Waals surface area contributed by atoms with Crippen molar-refractivity contribution in [3.05, 3.63) is 32.7 Å². The van der Waals surface area contributed by atoms with Gasteiger partial charge >= 0.3 is 11.6 Å². The van der Waals surface area contributed by atoms with Gasteiger partial charge in [0.25, 0.3) is 5.78 Å². The zero-order valence-corrected chi connectivity index (χ0v) is 11.8. The molecule has 1 N–H and O–H groups in total. The van der Waals surface area contributed by atoms with Crippen molar-refractivity contribution in [3.8, 4) is 11.6 Å². The molecule has 0 atom stereocenters. The minimum Gasteiger partial charge on any atom is -0.397 e. The molecule has 0 aromatic carbocycles. The third-order valence-corrected chi connectivity index (χ3v) is 3.60. The van der Waals surface area contributed by atoms with Gasteiger partial charge in [0, 0.05) is 13.1 Å². The Balaban J connectivity index is 1.78. The summed E-state index contributed by atoms with van der Waals surface area (Å²) in [6, 6.07) is 2.58. The molecule has 23 heavy (non-hydrogen) atoms. The number of nitro groups is 1. The average Bonchev–Trinajstić information content (AvgIpc) is 3.26. The number of rotatable bonds is 3. The topological polar surface area (TPSA) is 135 Å². The lowest BCUT2D eigenvalue weighted by molar-refractivity contribution is -0.401. The number of hydrogen-bond acceptors (Lipinski definition) is 8. The monoisotopic (exact) mass is 317 g/mol. The van der Waals surface area contributed by atoms with E-state index in [4.69, 9.17) is 4.42 Å².